The number of rotatable bonds is 2. The predicted molar refractivity (Wildman–Crippen MR) is 50.6 cm³/mol. The summed E-state index contributed by atoms with van der Waals surface area (Å²) in [5.74, 6) is 0.956. The van der Waals surface area contributed by atoms with Crippen LogP contribution in [-0.4, -0.2) is 9.97 Å². The fourth-order valence-corrected chi connectivity index (χ4v) is 1.21. The van der Waals surface area contributed by atoms with E-state index in [-0.39, 0.29) is 0 Å². The minimum absolute atomic E-state index is 0.545. The highest BCUT2D eigenvalue weighted by atomic mass is 14.9. The lowest BCUT2D eigenvalue weighted by molar-refractivity contribution is 1.03. The first kappa shape index (κ1) is 7.86. The molecule has 1 aromatic heterocycles. The molecule has 1 heterocycles. The second kappa shape index (κ2) is 3.31. The van der Waals surface area contributed by atoms with Crippen LogP contribution in [-0.2, 0) is 6.42 Å². The fourth-order valence-electron chi connectivity index (χ4n) is 1.21. The van der Waals surface area contributed by atoms with E-state index in [0.29, 0.717) is 5.69 Å². The summed E-state index contributed by atoms with van der Waals surface area (Å²) in [7, 11) is 0. The first-order chi connectivity index (χ1) is 6.34. The van der Waals surface area contributed by atoms with Gasteiger partial charge in [0.1, 0.15) is 5.82 Å². The Morgan fingerprint density at radius 2 is 2.00 bits per heavy atom. The van der Waals surface area contributed by atoms with Gasteiger partial charge in [0.25, 0.3) is 0 Å². The Hall–Kier alpha value is -1.77. The number of imidazole rings is 1. The molecule has 0 fully saturated rings. The molecule has 13 heavy (non-hydrogen) atoms. The van der Waals surface area contributed by atoms with Gasteiger partial charge in [0.15, 0.2) is 0 Å². The van der Waals surface area contributed by atoms with Crippen LogP contribution in [0.25, 0.3) is 0 Å². The lowest BCUT2D eigenvalue weighted by Gasteiger charge is -1.97. The van der Waals surface area contributed by atoms with Gasteiger partial charge >= 0.3 is 0 Å². The van der Waals surface area contributed by atoms with Crippen molar-refractivity contribution in [2.45, 2.75) is 6.42 Å². The highest BCUT2D eigenvalue weighted by Gasteiger charge is 1.96. The van der Waals surface area contributed by atoms with Crippen LogP contribution in [0.2, 0.25) is 0 Å². The van der Waals surface area contributed by atoms with Crippen LogP contribution in [0.15, 0.2) is 36.7 Å². The Morgan fingerprint density at radius 1 is 1.23 bits per heavy atom. The van der Waals surface area contributed by atoms with E-state index in [1.54, 1.807) is 18.3 Å². The molecular weight excluding hydrogens is 162 g/mol. The molecule has 0 bridgehead atoms. The Bertz CT molecular complexity index is 362. The average molecular weight is 172 g/mol. The number of H-pyrrole nitrogens is 1. The van der Waals surface area contributed by atoms with Gasteiger partial charge in [0.05, 0.1) is 5.69 Å². The van der Waals surface area contributed by atoms with Gasteiger partial charge in [0, 0.05) is 18.8 Å². The summed E-state index contributed by atoms with van der Waals surface area (Å²) in [6, 6.07) is 7.48. The molecule has 0 saturated carbocycles. The van der Waals surface area contributed by atoms with Gasteiger partial charge in [-0.25, -0.2) is 4.98 Å². The molecule has 1 aromatic carbocycles. The van der Waals surface area contributed by atoms with Crippen molar-refractivity contribution in [3.05, 3.63) is 48.0 Å². The Labute approximate surface area is 76.6 Å². The van der Waals surface area contributed by atoms with Gasteiger partial charge < -0.3 is 10.7 Å². The number of aromatic nitrogens is 2. The topological polar surface area (TPSA) is 52.5 Å². The second-order valence-electron chi connectivity index (χ2n) is 2.91. The summed E-state index contributed by atoms with van der Waals surface area (Å²) in [5.41, 5.74) is 9.03. The highest BCUT2D eigenvalue weighted by molar-refractivity contribution is 5.36. The maximum atomic E-state index is 7.32. The van der Waals surface area contributed by atoms with Crippen LogP contribution in [0, 0.1) is 0 Å². The van der Waals surface area contributed by atoms with Crippen molar-refractivity contribution in [3.63, 3.8) is 0 Å². The third-order valence-electron chi connectivity index (χ3n) is 1.88. The summed E-state index contributed by atoms with van der Waals surface area (Å²) < 4.78 is 0. The van der Waals surface area contributed by atoms with E-state index < -0.39 is 0 Å². The number of nitrogens with one attached hydrogen (secondary N) is 2. The Morgan fingerprint density at radius 3 is 2.62 bits per heavy atom. The zero-order valence-electron chi connectivity index (χ0n) is 7.12. The van der Waals surface area contributed by atoms with E-state index in [1.165, 1.54) is 5.56 Å². The molecule has 3 nitrogen and oxygen atoms in total. The van der Waals surface area contributed by atoms with Crippen LogP contribution in [0.1, 0.15) is 11.4 Å². The standard InChI is InChI=1S/C10H10N3/c11-9-3-1-8(2-4-9)7-10-12-5-6-13-10/h1-6,11H,7H2,(H,12,13). The van der Waals surface area contributed by atoms with Gasteiger partial charge in [-0.3, -0.25) is 0 Å². The monoisotopic (exact) mass is 172 g/mol. The molecule has 0 atom stereocenters. The maximum absolute atomic E-state index is 7.32. The predicted octanol–water partition coefficient (Wildman–Crippen LogP) is 1.91. The van der Waals surface area contributed by atoms with Crippen molar-refractivity contribution in [3.8, 4) is 0 Å². The number of nitrogens with zero attached hydrogens (tertiary/aromatic N) is 1. The maximum Gasteiger partial charge on any atom is 0.110 e. The molecule has 65 valence electrons. The molecule has 2 rings (SSSR count). The van der Waals surface area contributed by atoms with Crippen LogP contribution in [0.3, 0.4) is 0 Å². The SMILES string of the molecule is [NH]c1ccc(Cc2ncc[nH]2)cc1. The average Bonchev–Trinajstić information content (AvgIpc) is 2.62. The van der Waals surface area contributed by atoms with Gasteiger partial charge in [-0.15, -0.1) is 0 Å². The van der Waals surface area contributed by atoms with E-state index in [4.69, 9.17) is 5.73 Å². The minimum atomic E-state index is 0.545. The molecule has 0 aliphatic rings. The first-order valence-corrected chi connectivity index (χ1v) is 4.13. The molecule has 1 radical (unpaired) electrons. The lowest BCUT2D eigenvalue weighted by Crippen LogP contribution is -1.89. The molecule has 0 spiro atoms. The number of benzene rings is 1. The van der Waals surface area contributed by atoms with E-state index >= 15 is 0 Å². The van der Waals surface area contributed by atoms with Gasteiger partial charge in [0.2, 0.25) is 0 Å². The molecule has 0 saturated heterocycles. The summed E-state index contributed by atoms with van der Waals surface area (Å²) in [5, 5.41) is 0. The van der Waals surface area contributed by atoms with Crippen LogP contribution >= 0.6 is 0 Å². The zero-order chi connectivity index (χ0) is 9.10. The summed E-state index contributed by atoms with van der Waals surface area (Å²) in [6.45, 7) is 0. The van der Waals surface area contributed by atoms with Crippen molar-refractivity contribution >= 4 is 5.69 Å². The van der Waals surface area contributed by atoms with Crippen molar-refractivity contribution in [2.24, 2.45) is 0 Å². The third-order valence-corrected chi connectivity index (χ3v) is 1.88. The normalized spacial score (nSPS) is 10.2. The van der Waals surface area contributed by atoms with Crippen LogP contribution in [0.5, 0.6) is 0 Å². The highest BCUT2D eigenvalue weighted by Crippen LogP contribution is 2.09. The zero-order valence-corrected chi connectivity index (χ0v) is 7.12. The molecule has 2 aromatic rings. The fraction of sp³-hybridized carbons (Fsp3) is 0.100. The lowest BCUT2D eigenvalue weighted by atomic mass is 10.1. The van der Waals surface area contributed by atoms with E-state index in [9.17, 15) is 0 Å². The number of aromatic amines is 1. The molecule has 0 unspecified atom stereocenters. The minimum Gasteiger partial charge on any atom is -0.348 e. The third kappa shape index (κ3) is 1.87. The van der Waals surface area contributed by atoms with Crippen LogP contribution in [0.4, 0.5) is 5.69 Å². The molecule has 2 N–H and O–H groups in total. The quantitative estimate of drug-likeness (QED) is 0.739. The van der Waals surface area contributed by atoms with Crippen molar-refractivity contribution in [2.75, 3.05) is 0 Å². The summed E-state index contributed by atoms with van der Waals surface area (Å²) >= 11 is 0. The molecule has 0 amide bonds. The summed E-state index contributed by atoms with van der Waals surface area (Å²) in [4.78, 5) is 7.17. The van der Waals surface area contributed by atoms with E-state index in [1.807, 2.05) is 18.3 Å². The van der Waals surface area contributed by atoms with Crippen LogP contribution < -0.4 is 5.73 Å². The van der Waals surface area contributed by atoms with Crippen molar-refractivity contribution in [1.82, 2.24) is 15.7 Å². The molecule has 3 heteroatoms. The molecule has 0 aliphatic carbocycles. The first-order valence-electron chi connectivity index (χ1n) is 4.13. The van der Waals surface area contributed by atoms with Crippen molar-refractivity contribution < 1.29 is 0 Å². The largest absolute Gasteiger partial charge is 0.348 e. The number of hydrogen-bond donors (Lipinski definition) is 1. The van der Waals surface area contributed by atoms with Crippen molar-refractivity contribution in [1.29, 1.82) is 0 Å². The molecular formula is C10H10N3. The summed E-state index contributed by atoms with van der Waals surface area (Å²) in [6.07, 6.45) is 4.36. The van der Waals surface area contributed by atoms with Gasteiger partial charge in [-0.05, 0) is 17.7 Å². The van der Waals surface area contributed by atoms with Gasteiger partial charge in [-0.1, -0.05) is 12.1 Å². The Balaban J connectivity index is 2.15. The Kier molecular flexibility index (Phi) is 2.00. The number of hydrogen-bond acceptors (Lipinski definition) is 1. The van der Waals surface area contributed by atoms with Gasteiger partial charge in [-0.2, -0.15) is 0 Å². The van der Waals surface area contributed by atoms with E-state index in [2.05, 4.69) is 9.97 Å². The molecule has 0 aliphatic heterocycles. The van der Waals surface area contributed by atoms with E-state index in [0.717, 1.165) is 12.2 Å². The smallest absolute Gasteiger partial charge is 0.110 e. The second-order valence-corrected chi connectivity index (χ2v) is 2.91.